The fourth-order valence-electron chi connectivity index (χ4n) is 2.13. The van der Waals surface area contributed by atoms with Gasteiger partial charge in [0.15, 0.2) is 0 Å². The van der Waals surface area contributed by atoms with Gasteiger partial charge in [0.2, 0.25) is 0 Å². The van der Waals surface area contributed by atoms with E-state index in [1.807, 2.05) is 36.7 Å². The van der Waals surface area contributed by atoms with E-state index in [4.69, 9.17) is 10.5 Å². The number of ether oxygens (including phenoxy) is 1. The van der Waals surface area contributed by atoms with Crippen LogP contribution in [0.4, 0.5) is 5.69 Å². The third-order valence-electron chi connectivity index (χ3n) is 3.24. The highest BCUT2D eigenvalue weighted by molar-refractivity contribution is 5.54. The van der Waals surface area contributed by atoms with Gasteiger partial charge in [0.1, 0.15) is 5.75 Å². The molecule has 2 rings (SSSR count). The van der Waals surface area contributed by atoms with E-state index in [1.54, 1.807) is 7.11 Å². The molecule has 20 heavy (non-hydrogen) atoms. The van der Waals surface area contributed by atoms with E-state index in [-0.39, 0.29) is 0 Å². The lowest BCUT2D eigenvalue weighted by Gasteiger charge is -2.15. The highest BCUT2D eigenvalue weighted by Crippen LogP contribution is 2.22. The maximum Gasteiger partial charge on any atom is 0.141 e. The Morgan fingerprint density at radius 1 is 1.20 bits per heavy atom. The minimum absolute atomic E-state index is 0.371. The molecule has 0 spiro atoms. The average molecular weight is 271 g/mol. The molecule has 3 N–H and O–H groups in total. The quantitative estimate of drug-likeness (QED) is 0.792. The molecule has 4 heteroatoms. The van der Waals surface area contributed by atoms with E-state index < -0.39 is 0 Å². The molecular formula is C16H21N3O. The summed E-state index contributed by atoms with van der Waals surface area (Å²) in [4.78, 5) is 4.01. The van der Waals surface area contributed by atoms with Crippen molar-refractivity contribution in [2.75, 3.05) is 12.8 Å². The maximum atomic E-state index is 5.92. The van der Waals surface area contributed by atoms with Crippen LogP contribution in [0.2, 0.25) is 0 Å². The molecule has 0 aliphatic carbocycles. The van der Waals surface area contributed by atoms with E-state index in [9.17, 15) is 0 Å². The molecular weight excluding hydrogens is 250 g/mol. The van der Waals surface area contributed by atoms with E-state index in [0.29, 0.717) is 11.7 Å². The smallest absolute Gasteiger partial charge is 0.141 e. The number of hydrogen-bond donors (Lipinski definition) is 2. The van der Waals surface area contributed by atoms with Gasteiger partial charge in [-0.25, -0.2) is 0 Å². The highest BCUT2D eigenvalue weighted by atomic mass is 16.5. The van der Waals surface area contributed by atoms with Crippen molar-refractivity contribution in [2.45, 2.75) is 25.9 Å². The molecule has 2 aromatic rings. The zero-order chi connectivity index (χ0) is 14.4. The number of aromatic nitrogens is 1. The van der Waals surface area contributed by atoms with Gasteiger partial charge in [-0.15, -0.1) is 0 Å². The summed E-state index contributed by atoms with van der Waals surface area (Å²) in [5.41, 5.74) is 9.05. The molecule has 106 valence electrons. The van der Waals surface area contributed by atoms with Gasteiger partial charge < -0.3 is 15.8 Å². The number of anilines is 1. The minimum Gasteiger partial charge on any atom is -0.495 e. The lowest BCUT2D eigenvalue weighted by Crippen LogP contribution is -2.27. The molecule has 0 aliphatic heterocycles. The number of hydrogen-bond acceptors (Lipinski definition) is 4. The Morgan fingerprint density at radius 3 is 2.60 bits per heavy atom. The minimum atomic E-state index is 0.371. The van der Waals surface area contributed by atoms with Crippen LogP contribution >= 0.6 is 0 Å². The van der Waals surface area contributed by atoms with Crippen LogP contribution in [0.15, 0.2) is 42.7 Å². The number of methoxy groups -OCH3 is 1. The summed E-state index contributed by atoms with van der Waals surface area (Å²) in [5.74, 6) is 0.728. The second kappa shape index (κ2) is 6.91. The molecule has 1 aromatic carbocycles. The van der Waals surface area contributed by atoms with Gasteiger partial charge in [0, 0.05) is 25.0 Å². The first kappa shape index (κ1) is 14.3. The number of pyridine rings is 1. The lowest BCUT2D eigenvalue weighted by molar-refractivity contribution is 0.416. The molecule has 0 aliphatic rings. The predicted molar refractivity (Wildman–Crippen MR) is 81.6 cm³/mol. The van der Waals surface area contributed by atoms with Gasteiger partial charge in [0.05, 0.1) is 12.8 Å². The third kappa shape index (κ3) is 3.96. The summed E-state index contributed by atoms with van der Waals surface area (Å²) in [6, 6.07) is 10.4. The van der Waals surface area contributed by atoms with Crippen molar-refractivity contribution in [3.63, 3.8) is 0 Å². The fourth-order valence-corrected chi connectivity index (χ4v) is 2.13. The second-order valence-electron chi connectivity index (χ2n) is 4.92. The van der Waals surface area contributed by atoms with Crippen LogP contribution < -0.4 is 15.8 Å². The van der Waals surface area contributed by atoms with Crippen LogP contribution in [0.1, 0.15) is 18.1 Å². The van der Waals surface area contributed by atoms with Crippen molar-refractivity contribution in [3.8, 4) is 5.75 Å². The Hall–Kier alpha value is -2.07. The van der Waals surface area contributed by atoms with Crippen LogP contribution in [0.5, 0.6) is 5.75 Å². The van der Waals surface area contributed by atoms with Crippen molar-refractivity contribution in [1.82, 2.24) is 10.3 Å². The average Bonchev–Trinajstić information content (AvgIpc) is 2.46. The highest BCUT2D eigenvalue weighted by Gasteiger charge is 2.06. The largest absolute Gasteiger partial charge is 0.495 e. The standard InChI is InChI=1S/C16H21N3O/c1-12(19-11-13-5-7-18-8-6-13)9-14-3-4-16(20-2)15(17)10-14/h3-8,10,12,19H,9,11,17H2,1-2H3. The van der Waals surface area contributed by atoms with Gasteiger partial charge >= 0.3 is 0 Å². The van der Waals surface area contributed by atoms with E-state index in [0.717, 1.165) is 18.7 Å². The van der Waals surface area contributed by atoms with Crippen molar-refractivity contribution in [2.24, 2.45) is 0 Å². The molecule has 1 aromatic heterocycles. The summed E-state index contributed by atoms with van der Waals surface area (Å²) in [6.07, 6.45) is 4.55. The van der Waals surface area contributed by atoms with Gasteiger partial charge in [-0.2, -0.15) is 0 Å². The van der Waals surface area contributed by atoms with Crippen LogP contribution in [0, 0.1) is 0 Å². The van der Waals surface area contributed by atoms with Crippen molar-refractivity contribution in [1.29, 1.82) is 0 Å². The first-order valence-electron chi connectivity index (χ1n) is 6.73. The first-order chi connectivity index (χ1) is 9.69. The Morgan fingerprint density at radius 2 is 1.95 bits per heavy atom. The molecule has 0 bridgehead atoms. The molecule has 4 nitrogen and oxygen atoms in total. The van der Waals surface area contributed by atoms with Crippen LogP contribution in [-0.4, -0.2) is 18.1 Å². The van der Waals surface area contributed by atoms with Crippen LogP contribution in [-0.2, 0) is 13.0 Å². The Labute approximate surface area is 120 Å². The van der Waals surface area contributed by atoms with Gasteiger partial charge in [-0.05, 0) is 48.7 Å². The van der Waals surface area contributed by atoms with Gasteiger partial charge in [0.25, 0.3) is 0 Å². The van der Waals surface area contributed by atoms with Crippen molar-refractivity contribution in [3.05, 3.63) is 53.9 Å². The zero-order valence-electron chi connectivity index (χ0n) is 12.0. The number of nitrogen functional groups attached to an aromatic ring is 1. The number of nitrogens with zero attached hydrogens (tertiary/aromatic N) is 1. The van der Waals surface area contributed by atoms with Crippen LogP contribution in [0.25, 0.3) is 0 Å². The van der Waals surface area contributed by atoms with Crippen LogP contribution in [0.3, 0.4) is 0 Å². The Balaban J connectivity index is 1.88. The fraction of sp³-hybridized carbons (Fsp3) is 0.312. The normalized spacial score (nSPS) is 12.1. The summed E-state index contributed by atoms with van der Waals surface area (Å²) in [5, 5.41) is 3.50. The molecule has 1 atom stereocenters. The molecule has 0 saturated carbocycles. The molecule has 0 saturated heterocycles. The second-order valence-corrected chi connectivity index (χ2v) is 4.92. The zero-order valence-corrected chi connectivity index (χ0v) is 12.0. The van der Waals surface area contributed by atoms with E-state index in [1.165, 1.54) is 11.1 Å². The first-order valence-corrected chi connectivity index (χ1v) is 6.73. The Bertz CT molecular complexity index is 543. The Kier molecular flexibility index (Phi) is 4.96. The summed E-state index contributed by atoms with van der Waals surface area (Å²) >= 11 is 0. The lowest BCUT2D eigenvalue weighted by atomic mass is 10.1. The number of rotatable bonds is 6. The monoisotopic (exact) mass is 271 g/mol. The summed E-state index contributed by atoms with van der Waals surface area (Å²) in [6.45, 7) is 3.01. The molecule has 0 fully saturated rings. The topological polar surface area (TPSA) is 60.2 Å². The van der Waals surface area contributed by atoms with Crippen molar-refractivity contribution >= 4 is 5.69 Å². The number of nitrogens with two attached hydrogens (primary N) is 1. The molecule has 1 heterocycles. The molecule has 1 unspecified atom stereocenters. The van der Waals surface area contributed by atoms with Gasteiger partial charge in [-0.3, -0.25) is 4.98 Å². The van der Waals surface area contributed by atoms with E-state index >= 15 is 0 Å². The van der Waals surface area contributed by atoms with Gasteiger partial charge in [-0.1, -0.05) is 6.07 Å². The SMILES string of the molecule is COc1ccc(CC(C)NCc2ccncc2)cc1N. The predicted octanol–water partition coefficient (Wildman–Crippen LogP) is 2.39. The molecule has 0 radical (unpaired) electrons. The molecule has 0 amide bonds. The summed E-state index contributed by atoms with van der Waals surface area (Å²) in [7, 11) is 1.63. The maximum absolute atomic E-state index is 5.92. The number of benzene rings is 1. The summed E-state index contributed by atoms with van der Waals surface area (Å²) < 4.78 is 5.16. The van der Waals surface area contributed by atoms with E-state index in [2.05, 4.69) is 23.3 Å². The van der Waals surface area contributed by atoms with Crippen molar-refractivity contribution < 1.29 is 4.74 Å². The number of nitrogens with one attached hydrogen (secondary N) is 1. The third-order valence-corrected chi connectivity index (χ3v) is 3.24.